The molecule has 9 nitrogen and oxygen atoms in total. The first-order chi connectivity index (χ1) is 7.59. The van der Waals surface area contributed by atoms with Gasteiger partial charge in [0.25, 0.3) is 0 Å². The number of hydrogen-bond acceptors (Lipinski definition) is 3. The van der Waals surface area contributed by atoms with Crippen LogP contribution in [0.5, 0.6) is 0 Å². The molecule has 1 heterocycles. The van der Waals surface area contributed by atoms with Crippen LogP contribution >= 0.6 is 0 Å². The second-order valence-corrected chi connectivity index (χ2v) is 2.99. The Morgan fingerprint density at radius 3 is 2.81 bits per heavy atom. The molecule has 6 amide bonds. The minimum Gasteiger partial charge on any atom is -0.348 e. The molecule has 0 aromatic heterocycles. The Labute approximate surface area is 91.1 Å². The van der Waals surface area contributed by atoms with Gasteiger partial charge in [-0.3, -0.25) is 0 Å². The lowest BCUT2D eigenvalue weighted by Crippen LogP contribution is -2.35. The van der Waals surface area contributed by atoms with E-state index >= 15 is 0 Å². The smallest absolute Gasteiger partial charge is 0.348 e. The fourth-order valence-electron chi connectivity index (χ4n) is 1.15. The van der Waals surface area contributed by atoms with Crippen LogP contribution in [0.1, 0.15) is 0 Å². The molecule has 1 aliphatic rings. The molecule has 1 saturated heterocycles. The molecule has 0 unspecified atom stereocenters. The van der Waals surface area contributed by atoms with Gasteiger partial charge in [-0.1, -0.05) is 10.2 Å². The predicted octanol–water partition coefficient (Wildman–Crippen LogP) is -0.748. The summed E-state index contributed by atoms with van der Waals surface area (Å²) >= 11 is 0. The summed E-state index contributed by atoms with van der Waals surface area (Å²) in [6, 6.07) is -1.96. The number of carbonyl (C=O) groups excluding carboxylic acids is 3. The largest absolute Gasteiger partial charge is 0.359 e. The maximum absolute atomic E-state index is 11.1. The molecule has 4 N–H and O–H groups in total. The standard InChI is InChI=1S/C7H12N6O3/c8-5(14)11-12-6(15)9-1-3-13-4-2-10-7(13)16/h1-4H2,(H2,8,14)(H,9,15)(H,10,16). The summed E-state index contributed by atoms with van der Waals surface area (Å²) in [5.74, 6) is 0. The van der Waals surface area contributed by atoms with E-state index in [0.29, 0.717) is 19.6 Å². The zero-order valence-electron chi connectivity index (χ0n) is 8.47. The monoisotopic (exact) mass is 228 g/mol. The van der Waals surface area contributed by atoms with Crippen LogP contribution in [0.3, 0.4) is 0 Å². The number of carbonyl (C=O) groups is 3. The molecule has 0 aromatic carbocycles. The summed E-state index contributed by atoms with van der Waals surface area (Å²) in [5.41, 5.74) is 4.65. The van der Waals surface area contributed by atoms with Gasteiger partial charge >= 0.3 is 18.1 Å². The van der Waals surface area contributed by atoms with E-state index in [-0.39, 0.29) is 12.6 Å². The molecule has 9 heteroatoms. The molecule has 0 aliphatic carbocycles. The second kappa shape index (κ2) is 5.63. The predicted molar refractivity (Wildman–Crippen MR) is 52.8 cm³/mol. The highest BCUT2D eigenvalue weighted by molar-refractivity contribution is 5.79. The molecular formula is C7H12N6O3. The Morgan fingerprint density at radius 2 is 2.25 bits per heavy atom. The van der Waals surface area contributed by atoms with Crippen molar-refractivity contribution in [2.45, 2.75) is 0 Å². The van der Waals surface area contributed by atoms with Gasteiger partial charge in [-0.05, 0) is 0 Å². The van der Waals surface area contributed by atoms with Crippen LogP contribution < -0.4 is 16.4 Å². The molecule has 0 bridgehead atoms. The molecule has 0 aromatic rings. The molecule has 0 radical (unpaired) electrons. The van der Waals surface area contributed by atoms with Gasteiger partial charge in [0.05, 0.1) is 0 Å². The van der Waals surface area contributed by atoms with Crippen molar-refractivity contribution >= 4 is 18.1 Å². The van der Waals surface area contributed by atoms with Gasteiger partial charge in [0, 0.05) is 26.2 Å². The van der Waals surface area contributed by atoms with E-state index in [1.54, 1.807) is 4.90 Å². The fraction of sp³-hybridized carbons (Fsp3) is 0.571. The number of rotatable bonds is 3. The van der Waals surface area contributed by atoms with Crippen LogP contribution in [0.4, 0.5) is 14.4 Å². The SMILES string of the molecule is NC(=O)N=NC(=O)NCCN1CCNC1=O. The van der Waals surface area contributed by atoms with Crippen LogP contribution in [0.25, 0.3) is 0 Å². The van der Waals surface area contributed by atoms with Crippen LogP contribution in [0.15, 0.2) is 10.2 Å². The van der Waals surface area contributed by atoms with Crippen molar-refractivity contribution in [3.63, 3.8) is 0 Å². The molecule has 16 heavy (non-hydrogen) atoms. The van der Waals surface area contributed by atoms with E-state index in [2.05, 4.69) is 26.6 Å². The van der Waals surface area contributed by atoms with Crippen molar-refractivity contribution in [1.29, 1.82) is 0 Å². The lowest BCUT2D eigenvalue weighted by atomic mass is 10.5. The average Bonchev–Trinajstić information content (AvgIpc) is 2.61. The van der Waals surface area contributed by atoms with Crippen LogP contribution in [-0.4, -0.2) is 49.2 Å². The van der Waals surface area contributed by atoms with Crippen molar-refractivity contribution < 1.29 is 14.4 Å². The third kappa shape index (κ3) is 3.90. The Bertz CT molecular complexity index is 328. The third-order valence-corrected chi connectivity index (χ3v) is 1.84. The maximum Gasteiger partial charge on any atom is 0.359 e. The lowest BCUT2D eigenvalue weighted by Gasteiger charge is -2.13. The zero-order chi connectivity index (χ0) is 12.0. The topological polar surface area (TPSA) is 129 Å². The molecular weight excluding hydrogens is 216 g/mol. The van der Waals surface area contributed by atoms with Crippen molar-refractivity contribution in [3.8, 4) is 0 Å². The number of nitrogens with two attached hydrogens (primary N) is 1. The maximum atomic E-state index is 11.1. The van der Waals surface area contributed by atoms with E-state index in [1.165, 1.54) is 0 Å². The van der Waals surface area contributed by atoms with Gasteiger partial charge in [-0.15, -0.1) is 0 Å². The molecule has 1 rings (SSSR count). The van der Waals surface area contributed by atoms with Crippen molar-refractivity contribution in [2.75, 3.05) is 26.2 Å². The molecule has 0 spiro atoms. The van der Waals surface area contributed by atoms with Gasteiger partial charge in [-0.25, -0.2) is 14.4 Å². The summed E-state index contributed by atoms with van der Waals surface area (Å²) in [7, 11) is 0. The summed E-state index contributed by atoms with van der Waals surface area (Å²) < 4.78 is 0. The van der Waals surface area contributed by atoms with Gasteiger partial charge in [0.2, 0.25) is 0 Å². The van der Waals surface area contributed by atoms with E-state index < -0.39 is 12.1 Å². The van der Waals surface area contributed by atoms with Crippen LogP contribution in [0, 0.1) is 0 Å². The molecule has 1 fully saturated rings. The lowest BCUT2D eigenvalue weighted by molar-refractivity contribution is 0.216. The minimum atomic E-state index is -1.03. The molecule has 88 valence electrons. The van der Waals surface area contributed by atoms with Crippen LogP contribution in [-0.2, 0) is 0 Å². The first kappa shape index (κ1) is 11.9. The number of azo groups is 1. The summed E-state index contributed by atoms with van der Waals surface area (Å²) in [6.07, 6.45) is 0. The number of nitrogens with one attached hydrogen (secondary N) is 2. The molecule has 0 atom stereocenters. The third-order valence-electron chi connectivity index (χ3n) is 1.84. The van der Waals surface area contributed by atoms with Crippen molar-refractivity contribution in [3.05, 3.63) is 0 Å². The summed E-state index contributed by atoms with van der Waals surface area (Å²) in [6.45, 7) is 1.83. The number of nitrogens with zero attached hydrogens (tertiary/aromatic N) is 3. The second-order valence-electron chi connectivity index (χ2n) is 2.99. The first-order valence-corrected chi connectivity index (χ1v) is 4.61. The summed E-state index contributed by atoms with van der Waals surface area (Å²) in [5, 5.41) is 10.8. The van der Waals surface area contributed by atoms with Crippen molar-refractivity contribution in [2.24, 2.45) is 16.0 Å². The summed E-state index contributed by atoms with van der Waals surface area (Å²) in [4.78, 5) is 33.7. The average molecular weight is 228 g/mol. The quantitative estimate of drug-likeness (QED) is 0.549. The number of primary amides is 1. The van der Waals surface area contributed by atoms with Gasteiger partial charge in [0.15, 0.2) is 0 Å². The van der Waals surface area contributed by atoms with Gasteiger partial charge in [-0.2, -0.15) is 0 Å². The van der Waals surface area contributed by atoms with E-state index in [4.69, 9.17) is 0 Å². The number of urea groups is 3. The van der Waals surface area contributed by atoms with Crippen molar-refractivity contribution in [1.82, 2.24) is 15.5 Å². The first-order valence-electron chi connectivity index (χ1n) is 4.61. The minimum absolute atomic E-state index is 0.159. The normalized spacial score (nSPS) is 15.2. The Morgan fingerprint density at radius 1 is 1.50 bits per heavy atom. The Hall–Kier alpha value is -2.19. The van der Waals surface area contributed by atoms with Gasteiger partial charge in [0.1, 0.15) is 0 Å². The highest BCUT2D eigenvalue weighted by Gasteiger charge is 2.18. The highest BCUT2D eigenvalue weighted by Crippen LogP contribution is 1.94. The van der Waals surface area contributed by atoms with Gasteiger partial charge < -0.3 is 21.3 Å². The van der Waals surface area contributed by atoms with E-state index in [9.17, 15) is 14.4 Å². The fourth-order valence-corrected chi connectivity index (χ4v) is 1.15. The number of hydrogen-bond donors (Lipinski definition) is 3. The van der Waals surface area contributed by atoms with E-state index in [0.717, 1.165) is 0 Å². The highest BCUT2D eigenvalue weighted by atomic mass is 16.2. The molecule has 1 aliphatic heterocycles. The Balaban J connectivity index is 2.17. The van der Waals surface area contributed by atoms with E-state index in [1.807, 2.05) is 0 Å². The number of amides is 6. The molecule has 0 saturated carbocycles. The zero-order valence-corrected chi connectivity index (χ0v) is 8.47. The van der Waals surface area contributed by atoms with Crippen LogP contribution in [0.2, 0.25) is 0 Å². The Kier molecular flexibility index (Phi) is 4.18.